The van der Waals surface area contributed by atoms with Crippen LogP contribution in [0.1, 0.15) is 32.8 Å². The molecule has 0 aliphatic carbocycles. The number of carbonyl (C=O) groups excluding carboxylic acids is 1. The van der Waals surface area contributed by atoms with Crippen LogP contribution < -0.4 is 10.6 Å². The van der Waals surface area contributed by atoms with Crippen molar-refractivity contribution >= 4 is 17.7 Å². The Morgan fingerprint density at radius 1 is 1.14 bits per heavy atom. The summed E-state index contributed by atoms with van der Waals surface area (Å²) in [5.41, 5.74) is 1.79. The molecule has 21 heavy (non-hydrogen) atoms. The molecule has 2 atom stereocenters. The van der Waals surface area contributed by atoms with Gasteiger partial charge in [-0.25, -0.2) is 4.79 Å². The quantitative estimate of drug-likeness (QED) is 0.753. The molecule has 0 spiro atoms. The zero-order valence-electron chi connectivity index (χ0n) is 13.0. The number of carbonyl (C=O) groups is 2. The van der Waals surface area contributed by atoms with Gasteiger partial charge < -0.3 is 15.7 Å². The molecule has 0 unspecified atom stereocenters. The van der Waals surface area contributed by atoms with Crippen molar-refractivity contribution in [3.63, 3.8) is 0 Å². The van der Waals surface area contributed by atoms with Gasteiger partial charge in [-0.3, -0.25) is 4.79 Å². The molecular formula is C16H24N2O3. The molecule has 0 heterocycles. The smallest absolute Gasteiger partial charge is 0.319 e. The molecule has 1 aromatic rings. The normalized spacial score (nSPS) is 13.6. The van der Waals surface area contributed by atoms with Crippen molar-refractivity contribution in [2.75, 3.05) is 5.32 Å². The zero-order valence-corrected chi connectivity index (χ0v) is 13.0. The summed E-state index contributed by atoms with van der Waals surface area (Å²) in [5.74, 6) is -1.21. The van der Waals surface area contributed by atoms with Gasteiger partial charge in [0.1, 0.15) is 0 Å². The van der Waals surface area contributed by atoms with E-state index in [1.807, 2.05) is 45.0 Å². The number of hydrogen-bond acceptors (Lipinski definition) is 2. The van der Waals surface area contributed by atoms with Crippen LogP contribution in [0.3, 0.4) is 0 Å². The predicted octanol–water partition coefficient (Wildman–Crippen LogP) is 3.25. The van der Waals surface area contributed by atoms with Crippen molar-refractivity contribution in [3.05, 3.63) is 29.8 Å². The maximum atomic E-state index is 11.9. The third-order valence-electron chi connectivity index (χ3n) is 3.31. The first kappa shape index (κ1) is 17.0. The molecule has 1 aromatic carbocycles. The number of carboxylic acids is 1. The Morgan fingerprint density at radius 2 is 1.71 bits per heavy atom. The molecule has 3 N–H and O–H groups in total. The number of urea groups is 1. The van der Waals surface area contributed by atoms with Gasteiger partial charge in [0.15, 0.2) is 0 Å². The molecule has 0 aliphatic rings. The van der Waals surface area contributed by atoms with Crippen molar-refractivity contribution in [1.82, 2.24) is 5.32 Å². The number of anilines is 1. The van der Waals surface area contributed by atoms with Gasteiger partial charge in [-0.2, -0.15) is 0 Å². The number of aryl methyl sites for hydroxylation is 1. The third-order valence-corrected chi connectivity index (χ3v) is 3.31. The molecule has 0 fully saturated rings. The average molecular weight is 292 g/mol. The number of benzene rings is 1. The minimum Gasteiger partial charge on any atom is -0.481 e. The van der Waals surface area contributed by atoms with Crippen molar-refractivity contribution in [2.24, 2.45) is 11.8 Å². The maximum absolute atomic E-state index is 11.9. The van der Waals surface area contributed by atoms with Gasteiger partial charge in [0, 0.05) is 11.7 Å². The van der Waals surface area contributed by atoms with Crippen LogP contribution in [0.5, 0.6) is 0 Å². The highest BCUT2D eigenvalue weighted by atomic mass is 16.4. The Kier molecular flexibility index (Phi) is 6.21. The van der Waals surface area contributed by atoms with Crippen molar-refractivity contribution in [1.29, 1.82) is 0 Å². The topological polar surface area (TPSA) is 78.4 Å². The van der Waals surface area contributed by atoms with Crippen LogP contribution in [0.25, 0.3) is 0 Å². The third kappa shape index (κ3) is 5.85. The minimum atomic E-state index is -0.883. The van der Waals surface area contributed by atoms with E-state index in [1.54, 1.807) is 6.92 Å². The Morgan fingerprint density at radius 3 is 2.19 bits per heavy atom. The fraction of sp³-hybridized carbons (Fsp3) is 0.500. The number of aliphatic carboxylic acids is 1. The van der Waals surface area contributed by atoms with E-state index in [-0.39, 0.29) is 11.9 Å². The number of hydrogen-bond donors (Lipinski definition) is 3. The minimum absolute atomic E-state index is 0.260. The lowest BCUT2D eigenvalue weighted by Gasteiger charge is -2.23. The summed E-state index contributed by atoms with van der Waals surface area (Å²) < 4.78 is 0. The molecule has 0 radical (unpaired) electrons. The Bertz CT molecular complexity index is 483. The van der Waals surface area contributed by atoms with Gasteiger partial charge in [0.25, 0.3) is 0 Å². The number of carboxylic acid groups (broad SMARTS) is 1. The highest BCUT2D eigenvalue weighted by molar-refractivity contribution is 5.89. The molecule has 5 nitrogen and oxygen atoms in total. The van der Waals surface area contributed by atoms with Crippen LogP contribution in [0, 0.1) is 18.8 Å². The second-order valence-corrected chi connectivity index (χ2v) is 5.83. The molecule has 0 aliphatic heterocycles. The maximum Gasteiger partial charge on any atom is 0.319 e. The van der Waals surface area contributed by atoms with E-state index in [4.69, 9.17) is 0 Å². The van der Waals surface area contributed by atoms with Crippen LogP contribution in [0.2, 0.25) is 0 Å². The summed E-state index contributed by atoms with van der Waals surface area (Å²) in [6, 6.07) is 6.59. The van der Waals surface area contributed by atoms with E-state index in [1.165, 1.54) is 0 Å². The lowest BCUT2D eigenvalue weighted by molar-refractivity contribution is -0.143. The summed E-state index contributed by atoms with van der Waals surface area (Å²) in [4.78, 5) is 23.2. The van der Waals surface area contributed by atoms with Crippen LogP contribution in [-0.4, -0.2) is 23.1 Å². The van der Waals surface area contributed by atoms with Gasteiger partial charge in [0.2, 0.25) is 0 Å². The van der Waals surface area contributed by atoms with Crippen LogP contribution in [-0.2, 0) is 4.79 Å². The van der Waals surface area contributed by atoms with Crippen LogP contribution >= 0.6 is 0 Å². The molecule has 0 saturated heterocycles. The lowest BCUT2D eigenvalue weighted by atomic mass is 9.91. The van der Waals surface area contributed by atoms with Gasteiger partial charge in [0.05, 0.1) is 5.92 Å². The molecule has 2 amide bonds. The number of amides is 2. The van der Waals surface area contributed by atoms with Crippen LogP contribution in [0.4, 0.5) is 10.5 Å². The summed E-state index contributed by atoms with van der Waals surface area (Å²) in [6.07, 6.45) is 0.529. The molecule has 0 saturated carbocycles. The largest absolute Gasteiger partial charge is 0.481 e. The Balaban J connectivity index is 2.59. The monoisotopic (exact) mass is 292 g/mol. The van der Waals surface area contributed by atoms with E-state index in [9.17, 15) is 14.7 Å². The van der Waals surface area contributed by atoms with E-state index < -0.39 is 17.9 Å². The van der Waals surface area contributed by atoms with E-state index >= 15 is 0 Å². The van der Waals surface area contributed by atoms with Crippen molar-refractivity contribution in [3.8, 4) is 0 Å². The Labute approximate surface area is 125 Å². The van der Waals surface area contributed by atoms with E-state index in [2.05, 4.69) is 10.6 Å². The van der Waals surface area contributed by atoms with Crippen molar-refractivity contribution < 1.29 is 14.7 Å². The molecular weight excluding hydrogens is 268 g/mol. The molecule has 0 bridgehead atoms. The second-order valence-electron chi connectivity index (χ2n) is 5.83. The van der Waals surface area contributed by atoms with E-state index in [0.717, 1.165) is 5.56 Å². The standard InChI is InChI=1S/C16H24N2O3/c1-10(2)9-14(15(19)20)12(4)17-16(21)18-13-7-5-11(3)6-8-13/h5-8,10,12,14H,9H2,1-4H3,(H,19,20)(H2,17,18,21)/t12-,14-/m1/s1. The summed E-state index contributed by atoms with van der Waals surface area (Å²) in [5, 5.41) is 14.7. The molecule has 5 heteroatoms. The van der Waals surface area contributed by atoms with Crippen LogP contribution in [0.15, 0.2) is 24.3 Å². The lowest BCUT2D eigenvalue weighted by Crippen LogP contribution is -2.43. The summed E-state index contributed by atoms with van der Waals surface area (Å²) >= 11 is 0. The van der Waals surface area contributed by atoms with Gasteiger partial charge in [-0.1, -0.05) is 31.5 Å². The highest BCUT2D eigenvalue weighted by Gasteiger charge is 2.26. The Hall–Kier alpha value is -2.04. The molecule has 1 rings (SSSR count). The SMILES string of the molecule is Cc1ccc(NC(=O)N[C@H](C)[C@@H](CC(C)C)C(=O)O)cc1. The number of rotatable bonds is 6. The summed E-state index contributed by atoms with van der Waals surface area (Å²) in [7, 11) is 0. The van der Waals surface area contributed by atoms with E-state index in [0.29, 0.717) is 12.1 Å². The molecule has 0 aromatic heterocycles. The second kappa shape index (κ2) is 7.67. The van der Waals surface area contributed by atoms with Gasteiger partial charge >= 0.3 is 12.0 Å². The fourth-order valence-corrected chi connectivity index (χ4v) is 2.14. The highest BCUT2D eigenvalue weighted by Crippen LogP contribution is 2.16. The molecule has 116 valence electrons. The average Bonchev–Trinajstić information content (AvgIpc) is 2.38. The van der Waals surface area contributed by atoms with Crippen molar-refractivity contribution in [2.45, 2.75) is 40.2 Å². The van der Waals surface area contributed by atoms with Gasteiger partial charge in [-0.15, -0.1) is 0 Å². The first-order chi connectivity index (χ1) is 9.79. The summed E-state index contributed by atoms with van der Waals surface area (Å²) in [6.45, 7) is 7.62. The van der Waals surface area contributed by atoms with Gasteiger partial charge in [-0.05, 0) is 38.3 Å². The first-order valence-corrected chi connectivity index (χ1v) is 7.16. The predicted molar refractivity (Wildman–Crippen MR) is 83.4 cm³/mol. The first-order valence-electron chi connectivity index (χ1n) is 7.16. The fourth-order valence-electron chi connectivity index (χ4n) is 2.14. The number of nitrogens with one attached hydrogen (secondary N) is 2. The zero-order chi connectivity index (χ0) is 16.0.